The third-order valence-electron chi connectivity index (χ3n) is 3.83. The molecule has 0 aliphatic carbocycles. The van der Waals surface area contributed by atoms with Crippen molar-refractivity contribution in [2.45, 2.75) is 38.3 Å². The zero-order chi connectivity index (χ0) is 17.7. The average molecular weight is 342 g/mol. The molecule has 2 N–H and O–H groups in total. The molecule has 1 aromatic carbocycles. The predicted molar refractivity (Wildman–Crippen MR) is 78.1 cm³/mol. The molecular weight excluding hydrogens is 325 g/mol. The lowest BCUT2D eigenvalue weighted by Crippen LogP contribution is -2.25. The monoisotopic (exact) mass is 342 g/mol. The normalized spacial score (nSPS) is 14.3. The van der Waals surface area contributed by atoms with Crippen molar-refractivity contribution in [2.75, 3.05) is 0 Å². The number of aliphatic carboxylic acids is 1. The minimum Gasteiger partial charge on any atom is -0.481 e. The highest BCUT2D eigenvalue weighted by molar-refractivity contribution is 5.71. The SMILES string of the molecule is CCCC(C(=O)O)[C@H](Cc1ccc(C(F)(F)F)cc1)c1nn[nH]n1. The quantitative estimate of drug-likeness (QED) is 0.807. The van der Waals surface area contributed by atoms with Crippen LogP contribution in [-0.2, 0) is 17.4 Å². The molecule has 24 heavy (non-hydrogen) atoms. The smallest absolute Gasteiger partial charge is 0.416 e. The second-order valence-corrected chi connectivity index (χ2v) is 5.51. The maximum absolute atomic E-state index is 12.6. The lowest BCUT2D eigenvalue weighted by Gasteiger charge is -2.21. The van der Waals surface area contributed by atoms with E-state index in [4.69, 9.17) is 0 Å². The summed E-state index contributed by atoms with van der Waals surface area (Å²) in [6, 6.07) is 4.66. The Labute approximate surface area is 136 Å². The Bertz CT molecular complexity index is 656. The minimum atomic E-state index is -4.41. The van der Waals surface area contributed by atoms with Gasteiger partial charge in [0.2, 0.25) is 0 Å². The van der Waals surface area contributed by atoms with Crippen LogP contribution < -0.4 is 0 Å². The fraction of sp³-hybridized carbons (Fsp3) is 0.467. The molecular formula is C15H17F3N4O2. The van der Waals surface area contributed by atoms with Crippen molar-refractivity contribution in [1.29, 1.82) is 0 Å². The number of benzene rings is 1. The molecule has 2 aromatic rings. The Morgan fingerprint density at radius 2 is 1.96 bits per heavy atom. The van der Waals surface area contributed by atoms with Gasteiger partial charge in [0.05, 0.1) is 11.5 Å². The van der Waals surface area contributed by atoms with Gasteiger partial charge in [-0.05, 0) is 30.5 Å². The van der Waals surface area contributed by atoms with E-state index >= 15 is 0 Å². The zero-order valence-electron chi connectivity index (χ0n) is 12.9. The van der Waals surface area contributed by atoms with Crippen molar-refractivity contribution >= 4 is 5.97 Å². The number of carboxylic acid groups (broad SMARTS) is 1. The van der Waals surface area contributed by atoms with Crippen LogP contribution in [0.2, 0.25) is 0 Å². The van der Waals surface area contributed by atoms with Gasteiger partial charge in [-0.2, -0.15) is 18.4 Å². The number of alkyl halides is 3. The second kappa shape index (κ2) is 7.41. The fourth-order valence-electron chi connectivity index (χ4n) is 2.63. The summed E-state index contributed by atoms with van der Waals surface area (Å²) in [6.07, 6.45) is -3.13. The van der Waals surface area contributed by atoms with E-state index in [-0.39, 0.29) is 12.2 Å². The summed E-state index contributed by atoms with van der Waals surface area (Å²) in [5.41, 5.74) is -0.161. The van der Waals surface area contributed by atoms with Gasteiger partial charge in [-0.1, -0.05) is 30.7 Å². The van der Waals surface area contributed by atoms with Gasteiger partial charge < -0.3 is 5.11 Å². The number of rotatable bonds is 7. The van der Waals surface area contributed by atoms with Crippen LogP contribution in [0.5, 0.6) is 0 Å². The largest absolute Gasteiger partial charge is 0.481 e. The summed E-state index contributed by atoms with van der Waals surface area (Å²) in [5, 5.41) is 22.9. The Balaban J connectivity index is 2.27. The number of hydrogen-bond acceptors (Lipinski definition) is 4. The van der Waals surface area contributed by atoms with Crippen LogP contribution in [0, 0.1) is 5.92 Å². The molecule has 1 heterocycles. The van der Waals surface area contributed by atoms with E-state index in [1.807, 2.05) is 6.92 Å². The van der Waals surface area contributed by atoms with Gasteiger partial charge in [0.1, 0.15) is 0 Å². The Morgan fingerprint density at radius 1 is 1.29 bits per heavy atom. The van der Waals surface area contributed by atoms with Crippen LogP contribution in [0.25, 0.3) is 0 Å². The third kappa shape index (κ3) is 4.30. The van der Waals surface area contributed by atoms with E-state index in [9.17, 15) is 23.1 Å². The molecule has 130 valence electrons. The highest BCUT2D eigenvalue weighted by Gasteiger charge is 2.33. The molecule has 0 saturated carbocycles. The summed E-state index contributed by atoms with van der Waals surface area (Å²) in [7, 11) is 0. The van der Waals surface area contributed by atoms with Gasteiger partial charge in [-0.15, -0.1) is 10.2 Å². The number of nitrogens with zero attached hydrogens (tertiary/aromatic N) is 3. The van der Waals surface area contributed by atoms with Crippen LogP contribution in [0.15, 0.2) is 24.3 Å². The van der Waals surface area contributed by atoms with Gasteiger partial charge in [-0.3, -0.25) is 4.79 Å². The Morgan fingerprint density at radius 3 is 2.42 bits per heavy atom. The Kier molecular flexibility index (Phi) is 5.53. The molecule has 0 aliphatic heterocycles. The van der Waals surface area contributed by atoms with Crippen LogP contribution in [0.1, 0.15) is 42.6 Å². The summed E-state index contributed by atoms with van der Waals surface area (Å²) < 4.78 is 37.9. The summed E-state index contributed by atoms with van der Waals surface area (Å²) >= 11 is 0. The van der Waals surface area contributed by atoms with Crippen LogP contribution >= 0.6 is 0 Å². The highest BCUT2D eigenvalue weighted by atomic mass is 19.4. The molecule has 2 atom stereocenters. The molecule has 0 spiro atoms. The predicted octanol–water partition coefficient (Wildman–Crippen LogP) is 3.05. The number of aromatic nitrogens is 4. The topological polar surface area (TPSA) is 91.8 Å². The van der Waals surface area contributed by atoms with E-state index in [0.717, 1.165) is 12.1 Å². The molecule has 6 nitrogen and oxygen atoms in total. The van der Waals surface area contributed by atoms with Crippen molar-refractivity contribution < 1.29 is 23.1 Å². The van der Waals surface area contributed by atoms with Gasteiger partial charge in [0, 0.05) is 5.92 Å². The zero-order valence-corrected chi connectivity index (χ0v) is 12.9. The van der Waals surface area contributed by atoms with Gasteiger partial charge in [0.25, 0.3) is 0 Å². The molecule has 0 fully saturated rings. The number of H-pyrrole nitrogens is 1. The van der Waals surface area contributed by atoms with Crippen molar-refractivity contribution in [3.63, 3.8) is 0 Å². The molecule has 1 aromatic heterocycles. The first-order valence-corrected chi connectivity index (χ1v) is 7.45. The lowest BCUT2D eigenvalue weighted by molar-refractivity contribution is -0.143. The van der Waals surface area contributed by atoms with Crippen molar-refractivity contribution in [3.05, 3.63) is 41.2 Å². The van der Waals surface area contributed by atoms with Crippen molar-refractivity contribution in [1.82, 2.24) is 20.6 Å². The average Bonchev–Trinajstić information content (AvgIpc) is 3.04. The summed E-state index contributed by atoms with van der Waals surface area (Å²) in [6.45, 7) is 1.86. The summed E-state index contributed by atoms with van der Waals surface area (Å²) in [5.74, 6) is -2.05. The van der Waals surface area contributed by atoms with Gasteiger partial charge in [0.15, 0.2) is 5.82 Å². The molecule has 9 heteroatoms. The third-order valence-corrected chi connectivity index (χ3v) is 3.83. The second-order valence-electron chi connectivity index (χ2n) is 5.51. The molecule has 0 amide bonds. The number of aromatic amines is 1. The van der Waals surface area contributed by atoms with Crippen molar-refractivity contribution in [2.24, 2.45) is 5.92 Å². The van der Waals surface area contributed by atoms with Gasteiger partial charge >= 0.3 is 12.1 Å². The molecule has 0 aliphatic rings. The minimum absolute atomic E-state index is 0.217. The first-order chi connectivity index (χ1) is 11.3. The molecule has 2 rings (SSSR count). The number of hydrogen-bond donors (Lipinski definition) is 2. The van der Waals surface area contributed by atoms with Crippen LogP contribution in [0.3, 0.4) is 0 Å². The number of tetrazole rings is 1. The maximum atomic E-state index is 12.6. The number of nitrogens with one attached hydrogen (secondary N) is 1. The molecule has 0 bridgehead atoms. The number of halogens is 3. The highest BCUT2D eigenvalue weighted by Crippen LogP contribution is 2.32. The standard InChI is InChI=1S/C15H17F3N4O2/c1-2-3-11(14(23)24)12(13-19-21-22-20-13)8-9-4-6-10(7-5-9)15(16,17)18/h4-7,11-12H,2-3,8H2,1H3,(H,23,24)(H,19,20,21,22)/t11?,12-/m0/s1. The number of carbonyl (C=O) groups is 1. The molecule has 0 saturated heterocycles. The first kappa shape index (κ1) is 17.9. The fourth-order valence-corrected chi connectivity index (χ4v) is 2.63. The van der Waals surface area contributed by atoms with E-state index < -0.39 is 29.5 Å². The van der Waals surface area contributed by atoms with Crippen LogP contribution in [0.4, 0.5) is 13.2 Å². The molecule has 1 unspecified atom stereocenters. The van der Waals surface area contributed by atoms with E-state index in [0.29, 0.717) is 18.4 Å². The summed E-state index contributed by atoms with van der Waals surface area (Å²) in [4.78, 5) is 11.6. The van der Waals surface area contributed by atoms with Crippen LogP contribution in [-0.4, -0.2) is 31.7 Å². The van der Waals surface area contributed by atoms with Crippen molar-refractivity contribution in [3.8, 4) is 0 Å². The lowest BCUT2D eigenvalue weighted by atomic mass is 9.83. The maximum Gasteiger partial charge on any atom is 0.416 e. The van der Waals surface area contributed by atoms with E-state index in [1.54, 1.807) is 0 Å². The first-order valence-electron chi connectivity index (χ1n) is 7.45. The van der Waals surface area contributed by atoms with E-state index in [2.05, 4.69) is 20.6 Å². The molecule has 0 radical (unpaired) electrons. The van der Waals surface area contributed by atoms with Gasteiger partial charge in [-0.25, -0.2) is 0 Å². The Hall–Kier alpha value is -2.45. The number of carboxylic acids is 1. The van der Waals surface area contributed by atoms with E-state index in [1.165, 1.54) is 12.1 Å².